The SMILES string of the molecule is NC(c1cc(Br)ccc1O)C1CC1. The Labute approximate surface area is 85.9 Å². The van der Waals surface area contributed by atoms with Crippen molar-refractivity contribution in [1.29, 1.82) is 0 Å². The summed E-state index contributed by atoms with van der Waals surface area (Å²) in [5.74, 6) is 0.878. The van der Waals surface area contributed by atoms with Crippen LogP contribution in [0.25, 0.3) is 0 Å². The Morgan fingerprint density at radius 2 is 2.15 bits per heavy atom. The molecule has 1 aromatic rings. The van der Waals surface area contributed by atoms with Gasteiger partial charge in [-0.2, -0.15) is 0 Å². The summed E-state index contributed by atoms with van der Waals surface area (Å²) in [6, 6.07) is 5.40. The third kappa shape index (κ3) is 1.86. The molecule has 1 unspecified atom stereocenters. The molecule has 0 amide bonds. The smallest absolute Gasteiger partial charge is 0.120 e. The van der Waals surface area contributed by atoms with Crippen LogP contribution in [0.2, 0.25) is 0 Å². The molecule has 1 aromatic carbocycles. The molecule has 3 N–H and O–H groups in total. The lowest BCUT2D eigenvalue weighted by molar-refractivity contribution is 0.456. The van der Waals surface area contributed by atoms with Gasteiger partial charge in [0.15, 0.2) is 0 Å². The van der Waals surface area contributed by atoms with Crippen molar-refractivity contribution < 1.29 is 5.11 Å². The van der Waals surface area contributed by atoms with Crippen molar-refractivity contribution in [2.24, 2.45) is 11.7 Å². The lowest BCUT2D eigenvalue weighted by atomic mass is 10.0. The standard InChI is InChI=1S/C10H12BrNO/c11-7-3-4-9(13)8(5-7)10(12)6-1-2-6/h3-6,10,13H,1-2,12H2. The van der Waals surface area contributed by atoms with E-state index in [-0.39, 0.29) is 6.04 Å². The Balaban J connectivity index is 2.31. The molecule has 3 heteroatoms. The molecular weight excluding hydrogens is 230 g/mol. The number of rotatable bonds is 2. The van der Waals surface area contributed by atoms with E-state index in [4.69, 9.17) is 5.73 Å². The quantitative estimate of drug-likeness (QED) is 0.837. The molecule has 13 heavy (non-hydrogen) atoms. The predicted octanol–water partition coefficient (Wildman–Crippen LogP) is 2.56. The van der Waals surface area contributed by atoms with Crippen molar-refractivity contribution in [3.8, 4) is 5.75 Å². The zero-order valence-electron chi connectivity index (χ0n) is 7.20. The maximum absolute atomic E-state index is 9.58. The number of nitrogens with two attached hydrogens (primary N) is 1. The first-order valence-corrected chi connectivity index (χ1v) is 5.22. The Bertz CT molecular complexity index is 323. The highest BCUT2D eigenvalue weighted by Crippen LogP contribution is 2.42. The fourth-order valence-electron chi connectivity index (χ4n) is 1.50. The average molecular weight is 242 g/mol. The third-order valence-electron chi connectivity index (χ3n) is 2.48. The fraction of sp³-hybridized carbons (Fsp3) is 0.400. The number of hydrogen-bond donors (Lipinski definition) is 2. The van der Waals surface area contributed by atoms with Gasteiger partial charge in [-0.25, -0.2) is 0 Å². The predicted molar refractivity (Wildman–Crippen MR) is 55.5 cm³/mol. The van der Waals surface area contributed by atoms with E-state index in [0.717, 1.165) is 10.0 Å². The Morgan fingerprint density at radius 3 is 2.77 bits per heavy atom. The number of phenols is 1. The fourth-order valence-corrected chi connectivity index (χ4v) is 1.88. The van der Waals surface area contributed by atoms with Gasteiger partial charge in [0.2, 0.25) is 0 Å². The van der Waals surface area contributed by atoms with Crippen molar-refractivity contribution in [2.75, 3.05) is 0 Å². The summed E-state index contributed by atoms with van der Waals surface area (Å²) >= 11 is 3.37. The van der Waals surface area contributed by atoms with E-state index < -0.39 is 0 Å². The van der Waals surface area contributed by atoms with Crippen molar-refractivity contribution in [2.45, 2.75) is 18.9 Å². The second-order valence-corrected chi connectivity index (χ2v) is 4.48. The molecule has 1 aliphatic rings. The molecule has 0 aliphatic heterocycles. The van der Waals surface area contributed by atoms with E-state index in [1.165, 1.54) is 12.8 Å². The van der Waals surface area contributed by atoms with Crippen LogP contribution in [0.5, 0.6) is 5.75 Å². The van der Waals surface area contributed by atoms with Gasteiger partial charge in [-0.05, 0) is 37.0 Å². The maximum Gasteiger partial charge on any atom is 0.120 e. The number of aromatic hydroxyl groups is 1. The number of benzene rings is 1. The van der Waals surface area contributed by atoms with Crippen LogP contribution in [-0.4, -0.2) is 5.11 Å². The Kier molecular flexibility index (Phi) is 2.30. The summed E-state index contributed by atoms with van der Waals surface area (Å²) in [7, 11) is 0. The van der Waals surface area contributed by atoms with Gasteiger partial charge < -0.3 is 10.8 Å². The Morgan fingerprint density at radius 1 is 1.46 bits per heavy atom. The van der Waals surface area contributed by atoms with Gasteiger partial charge in [0.1, 0.15) is 5.75 Å². The van der Waals surface area contributed by atoms with E-state index in [1.807, 2.05) is 12.1 Å². The van der Waals surface area contributed by atoms with Crippen LogP contribution in [0.15, 0.2) is 22.7 Å². The van der Waals surface area contributed by atoms with Crippen molar-refractivity contribution >= 4 is 15.9 Å². The van der Waals surface area contributed by atoms with E-state index in [9.17, 15) is 5.11 Å². The van der Waals surface area contributed by atoms with Gasteiger partial charge in [0.05, 0.1) is 0 Å². The van der Waals surface area contributed by atoms with Crippen LogP contribution in [0.1, 0.15) is 24.4 Å². The van der Waals surface area contributed by atoms with Crippen LogP contribution in [0, 0.1) is 5.92 Å². The number of hydrogen-bond acceptors (Lipinski definition) is 2. The minimum atomic E-state index is -0.00231. The van der Waals surface area contributed by atoms with Crippen LogP contribution in [-0.2, 0) is 0 Å². The molecule has 2 nitrogen and oxygen atoms in total. The molecule has 0 bridgehead atoms. The average Bonchev–Trinajstić information content (AvgIpc) is 2.91. The van der Waals surface area contributed by atoms with E-state index in [2.05, 4.69) is 15.9 Å². The first-order chi connectivity index (χ1) is 6.18. The number of halogens is 1. The topological polar surface area (TPSA) is 46.2 Å². The molecule has 0 saturated heterocycles. The van der Waals surface area contributed by atoms with Crippen molar-refractivity contribution in [3.05, 3.63) is 28.2 Å². The number of phenolic OH excluding ortho intramolecular Hbond substituents is 1. The second kappa shape index (κ2) is 3.31. The summed E-state index contributed by atoms with van der Waals surface area (Å²) in [6.45, 7) is 0. The van der Waals surface area contributed by atoms with Gasteiger partial charge in [-0.15, -0.1) is 0 Å². The third-order valence-corrected chi connectivity index (χ3v) is 2.97. The maximum atomic E-state index is 9.58. The zero-order valence-corrected chi connectivity index (χ0v) is 8.79. The normalized spacial score (nSPS) is 18.6. The lowest BCUT2D eigenvalue weighted by Crippen LogP contribution is -2.12. The van der Waals surface area contributed by atoms with Gasteiger partial charge in [-0.3, -0.25) is 0 Å². The Hall–Kier alpha value is -0.540. The van der Waals surface area contributed by atoms with E-state index in [1.54, 1.807) is 6.07 Å². The van der Waals surface area contributed by atoms with Gasteiger partial charge in [-0.1, -0.05) is 15.9 Å². The summed E-state index contributed by atoms with van der Waals surface area (Å²) < 4.78 is 0.969. The molecule has 0 radical (unpaired) electrons. The molecule has 1 atom stereocenters. The van der Waals surface area contributed by atoms with Crippen LogP contribution in [0.3, 0.4) is 0 Å². The summed E-state index contributed by atoms with van der Waals surface area (Å²) in [6.07, 6.45) is 2.38. The highest BCUT2D eigenvalue weighted by atomic mass is 79.9. The highest BCUT2D eigenvalue weighted by molar-refractivity contribution is 9.10. The van der Waals surface area contributed by atoms with Crippen LogP contribution < -0.4 is 5.73 Å². The molecule has 2 rings (SSSR count). The molecule has 0 aromatic heterocycles. The van der Waals surface area contributed by atoms with Crippen molar-refractivity contribution in [1.82, 2.24) is 0 Å². The zero-order chi connectivity index (χ0) is 9.42. The van der Waals surface area contributed by atoms with E-state index in [0.29, 0.717) is 11.7 Å². The lowest BCUT2D eigenvalue weighted by Gasteiger charge is -2.12. The summed E-state index contributed by atoms with van der Waals surface area (Å²) in [4.78, 5) is 0. The van der Waals surface area contributed by atoms with Crippen molar-refractivity contribution in [3.63, 3.8) is 0 Å². The molecule has 1 saturated carbocycles. The van der Waals surface area contributed by atoms with Gasteiger partial charge in [0.25, 0.3) is 0 Å². The molecule has 1 fully saturated rings. The minimum Gasteiger partial charge on any atom is -0.508 e. The minimum absolute atomic E-state index is 0.00231. The summed E-state index contributed by atoms with van der Waals surface area (Å²) in [5, 5.41) is 9.58. The first kappa shape index (κ1) is 9.03. The van der Waals surface area contributed by atoms with Crippen LogP contribution in [0.4, 0.5) is 0 Å². The highest BCUT2D eigenvalue weighted by Gasteiger charge is 2.30. The molecular formula is C10H12BrNO. The second-order valence-electron chi connectivity index (χ2n) is 3.57. The summed E-state index contributed by atoms with van der Waals surface area (Å²) in [5.41, 5.74) is 6.85. The molecule has 70 valence electrons. The van der Waals surface area contributed by atoms with E-state index >= 15 is 0 Å². The van der Waals surface area contributed by atoms with Gasteiger partial charge in [0, 0.05) is 16.1 Å². The molecule has 1 aliphatic carbocycles. The largest absolute Gasteiger partial charge is 0.508 e. The molecule has 0 heterocycles. The van der Waals surface area contributed by atoms with Gasteiger partial charge >= 0.3 is 0 Å². The first-order valence-electron chi connectivity index (χ1n) is 4.42. The molecule has 0 spiro atoms. The van der Waals surface area contributed by atoms with Crippen LogP contribution >= 0.6 is 15.9 Å². The monoisotopic (exact) mass is 241 g/mol.